The molecule has 2 atom stereocenters. The molecule has 0 aliphatic rings. The molecule has 3 rings (SSSR count). The lowest BCUT2D eigenvalue weighted by molar-refractivity contribution is -0.384. The zero-order valence-corrected chi connectivity index (χ0v) is 21.5. The normalized spacial score (nSPS) is 12.7. The lowest BCUT2D eigenvalue weighted by Crippen LogP contribution is -2.34. The molecule has 0 aliphatic heterocycles. The van der Waals surface area contributed by atoms with Crippen LogP contribution in [-0.2, 0) is 11.3 Å². The van der Waals surface area contributed by atoms with Crippen LogP contribution in [0, 0.1) is 16.0 Å². The highest BCUT2D eigenvalue weighted by Gasteiger charge is 2.27. The van der Waals surface area contributed by atoms with Crippen molar-refractivity contribution in [3.05, 3.63) is 81.7 Å². The van der Waals surface area contributed by atoms with Gasteiger partial charge in [0.25, 0.3) is 11.6 Å². The summed E-state index contributed by atoms with van der Waals surface area (Å²) in [7, 11) is 0. The van der Waals surface area contributed by atoms with E-state index in [4.69, 9.17) is 0 Å². The third-order valence-corrected chi connectivity index (χ3v) is 6.59. The summed E-state index contributed by atoms with van der Waals surface area (Å²) >= 11 is 1.28. The fraction of sp³-hybridized carbons (Fsp3) is 0.360. The van der Waals surface area contributed by atoms with E-state index in [1.54, 1.807) is 0 Å². The maximum Gasteiger partial charge on any atom is 0.270 e. The van der Waals surface area contributed by atoms with E-state index in [0.717, 1.165) is 5.56 Å². The highest BCUT2D eigenvalue weighted by molar-refractivity contribution is 7.99. The van der Waals surface area contributed by atoms with Crippen LogP contribution in [0.1, 0.15) is 61.5 Å². The third kappa shape index (κ3) is 6.69. The second kappa shape index (κ2) is 12.3. The van der Waals surface area contributed by atoms with E-state index in [1.807, 2.05) is 62.6 Å². The Morgan fingerprint density at radius 1 is 1.06 bits per heavy atom. The average Bonchev–Trinajstić information content (AvgIpc) is 3.28. The summed E-state index contributed by atoms with van der Waals surface area (Å²) in [4.78, 5) is 36.0. The molecule has 2 amide bonds. The number of hydrogen-bond donors (Lipinski definition) is 2. The Balaban J connectivity index is 1.70. The van der Waals surface area contributed by atoms with Crippen molar-refractivity contribution in [1.82, 2.24) is 25.4 Å². The van der Waals surface area contributed by atoms with Crippen molar-refractivity contribution in [2.45, 2.75) is 51.5 Å². The number of aromatic nitrogens is 3. The molecule has 190 valence electrons. The van der Waals surface area contributed by atoms with Gasteiger partial charge in [0.05, 0.1) is 22.8 Å². The van der Waals surface area contributed by atoms with Gasteiger partial charge in [-0.2, -0.15) is 0 Å². The molecule has 1 aromatic heterocycles. The van der Waals surface area contributed by atoms with Crippen molar-refractivity contribution in [3.63, 3.8) is 0 Å². The predicted octanol–water partition coefficient (Wildman–Crippen LogP) is 4.30. The van der Waals surface area contributed by atoms with E-state index in [9.17, 15) is 19.7 Å². The minimum absolute atomic E-state index is 0.0324. The molecular weight excluding hydrogens is 480 g/mol. The second-order valence-corrected chi connectivity index (χ2v) is 9.52. The standard InChI is InChI=1S/C25H30N6O4S/c1-5-30-23(22(16(2)3)27-24(33)19-12-9-13-20(14-19)31(34)35)28-29-25(30)36-15-21(32)26-17(4)18-10-7-6-8-11-18/h6-14,16-17,22H,5,15H2,1-4H3,(H,26,32)(H,27,33)/t17-,22-/m1/s1. The molecule has 0 fully saturated rings. The Labute approximate surface area is 214 Å². The maximum atomic E-state index is 12.9. The summed E-state index contributed by atoms with van der Waals surface area (Å²) in [6.45, 7) is 8.30. The Morgan fingerprint density at radius 2 is 1.78 bits per heavy atom. The quantitative estimate of drug-likeness (QED) is 0.223. The summed E-state index contributed by atoms with van der Waals surface area (Å²) in [5, 5.41) is 26.2. The third-order valence-electron chi connectivity index (χ3n) is 5.62. The SMILES string of the molecule is CCn1c(SCC(=O)N[C@H](C)c2ccccc2)nnc1[C@H](NC(=O)c1cccc([N+](=O)[O-])c1)C(C)C. The van der Waals surface area contributed by atoms with Crippen molar-refractivity contribution in [3.8, 4) is 0 Å². The summed E-state index contributed by atoms with van der Waals surface area (Å²) < 4.78 is 1.87. The van der Waals surface area contributed by atoms with Gasteiger partial charge in [0, 0.05) is 24.2 Å². The van der Waals surface area contributed by atoms with Crippen molar-refractivity contribution in [1.29, 1.82) is 0 Å². The second-order valence-electron chi connectivity index (χ2n) is 8.58. The molecule has 0 radical (unpaired) electrons. The summed E-state index contributed by atoms with van der Waals surface area (Å²) in [5.41, 5.74) is 1.06. The number of benzene rings is 2. The van der Waals surface area contributed by atoms with Crippen LogP contribution in [0.3, 0.4) is 0 Å². The fourth-order valence-corrected chi connectivity index (χ4v) is 4.51. The number of nitro benzene ring substituents is 1. The van der Waals surface area contributed by atoms with Gasteiger partial charge in [0.1, 0.15) is 0 Å². The number of carbonyl (C=O) groups is 2. The van der Waals surface area contributed by atoms with Gasteiger partial charge in [-0.05, 0) is 31.4 Å². The summed E-state index contributed by atoms with van der Waals surface area (Å²) in [6.07, 6.45) is 0. The number of thioether (sulfide) groups is 1. The Kier molecular flexibility index (Phi) is 9.18. The first-order chi connectivity index (χ1) is 17.2. The zero-order chi connectivity index (χ0) is 26.2. The highest BCUT2D eigenvalue weighted by Crippen LogP contribution is 2.26. The fourth-order valence-electron chi connectivity index (χ4n) is 3.69. The van der Waals surface area contributed by atoms with Gasteiger partial charge in [-0.1, -0.05) is 62.0 Å². The smallest absolute Gasteiger partial charge is 0.270 e. The van der Waals surface area contributed by atoms with Gasteiger partial charge in [-0.15, -0.1) is 10.2 Å². The minimum atomic E-state index is -0.537. The van der Waals surface area contributed by atoms with Crippen LogP contribution in [0.15, 0.2) is 59.8 Å². The number of nitrogens with zero attached hydrogens (tertiary/aromatic N) is 4. The van der Waals surface area contributed by atoms with E-state index in [1.165, 1.54) is 36.0 Å². The molecule has 36 heavy (non-hydrogen) atoms. The van der Waals surface area contributed by atoms with Crippen LogP contribution in [0.2, 0.25) is 0 Å². The molecule has 1 heterocycles. The molecule has 0 saturated heterocycles. The highest BCUT2D eigenvalue weighted by atomic mass is 32.2. The predicted molar refractivity (Wildman–Crippen MR) is 138 cm³/mol. The molecule has 0 unspecified atom stereocenters. The van der Waals surface area contributed by atoms with Crippen molar-refractivity contribution < 1.29 is 14.5 Å². The average molecular weight is 511 g/mol. The Morgan fingerprint density at radius 3 is 2.42 bits per heavy atom. The van der Waals surface area contributed by atoms with Gasteiger partial charge >= 0.3 is 0 Å². The van der Waals surface area contributed by atoms with Crippen LogP contribution in [-0.4, -0.2) is 37.3 Å². The number of nitrogens with one attached hydrogen (secondary N) is 2. The first-order valence-corrected chi connectivity index (χ1v) is 12.6. The molecule has 2 aromatic carbocycles. The van der Waals surface area contributed by atoms with E-state index < -0.39 is 16.9 Å². The molecule has 2 N–H and O–H groups in total. The van der Waals surface area contributed by atoms with E-state index >= 15 is 0 Å². The van der Waals surface area contributed by atoms with Crippen LogP contribution >= 0.6 is 11.8 Å². The largest absolute Gasteiger partial charge is 0.349 e. The van der Waals surface area contributed by atoms with Crippen molar-refractivity contribution in [2.75, 3.05) is 5.75 Å². The van der Waals surface area contributed by atoms with Crippen LogP contribution in [0.4, 0.5) is 5.69 Å². The van der Waals surface area contributed by atoms with Gasteiger partial charge in [0.15, 0.2) is 11.0 Å². The zero-order valence-electron chi connectivity index (χ0n) is 20.7. The number of non-ortho nitro benzene ring substituents is 1. The van der Waals surface area contributed by atoms with Crippen molar-refractivity contribution >= 4 is 29.3 Å². The number of hydrogen-bond acceptors (Lipinski definition) is 7. The van der Waals surface area contributed by atoms with Gasteiger partial charge in [-0.25, -0.2) is 0 Å². The van der Waals surface area contributed by atoms with Crippen molar-refractivity contribution in [2.24, 2.45) is 5.92 Å². The minimum Gasteiger partial charge on any atom is -0.349 e. The first-order valence-electron chi connectivity index (χ1n) is 11.7. The Bertz CT molecular complexity index is 1210. The Hall–Kier alpha value is -3.73. The van der Waals surface area contributed by atoms with Gasteiger partial charge < -0.3 is 15.2 Å². The molecule has 11 heteroatoms. The van der Waals surface area contributed by atoms with Crippen LogP contribution in [0.5, 0.6) is 0 Å². The first kappa shape index (κ1) is 26.9. The maximum absolute atomic E-state index is 12.9. The number of carbonyl (C=O) groups excluding carboxylic acids is 2. The number of nitro groups is 1. The van der Waals surface area contributed by atoms with Crippen LogP contribution < -0.4 is 10.6 Å². The molecule has 0 spiro atoms. The molecule has 0 aliphatic carbocycles. The van der Waals surface area contributed by atoms with Crippen LogP contribution in [0.25, 0.3) is 0 Å². The van der Waals surface area contributed by atoms with Gasteiger partial charge in [0.2, 0.25) is 5.91 Å². The molecule has 10 nitrogen and oxygen atoms in total. The number of rotatable bonds is 11. The van der Waals surface area contributed by atoms with E-state index in [2.05, 4.69) is 20.8 Å². The molecular formula is C25H30N6O4S. The monoisotopic (exact) mass is 510 g/mol. The summed E-state index contributed by atoms with van der Waals surface area (Å²) in [6, 6.07) is 14.7. The van der Waals surface area contributed by atoms with E-state index in [-0.39, 0.29) is 34.9 Å². The van der Waals surface area contributed by atoms with E-state index in [0.29, 0.717) is 17.5 Å². The van der Waals surface area contributed by atoms with Gasteiger partial charge in [-0.3, -0.25) is 19.7 Å². The molecule has 0 saturated carbocycles. The number of amides is 2. The molecule has 3 aromatic rings. The topological polar surface area (TPSA) is 132 Å². The summed E-state index contributed by atoms with van der Waals surface area (Å²) in [5.74, 6) is 0.137. The lowest BCUT2D eigenvalue weighted by atomic mass is 10.0. The molecule has 0 bridgehead atoms. The lowest BCUT2D eigenvalue weighted by Gasteiger charge is -2.22.